The first kappa shape index (κ1) is 19.4. The lowest BCUT2D eigenvalue weighted by Gasteiger charge is -2.28. The second-order valence-corrected chi connectivity index (χ2v) is 9.63. The van der Waals surface area contributed by atoms with E-state index in [1.165, 1.54) is 0 Å². The van der Waals surface area contributed by atoms with Crippen molar-refractivity contribution in [3.63, 3.8) is 0 Å². The Morgan fingerprint density at radius 2 is 1.69 bits per heavy atom. The third-order valence-corrected chi connectivity index (χ3v) is 7.12. The van der Waals surface area contributed by atoms with Gasteiger partial charge in [0.1, 0.15) is 0 Å². The van der Waals surface area contributed by atoms with Crippen LogP contribution in [0.1, 0.15) is 17.5 Å². The van der Waals surface area contributed by atoms with Crippen molar-refractivity contribution in [2.24, 2.45) is 0 Å². The van der Waals surface area contributed by atoms with Gasteiger partial charge in [-0.25, -0.2) is 8.42 Å². The normalized spacial score (nSPS) is 18.3. The number of carbonyl (C=O) groups is 1. The van der Waals surface area contributed by atoms with Crippen molar-refractivity contribution in [2.45, 2.75) is 19.0 Å². The van der Waals surface area contributed by atoms with Gasteiger partial charge >= 0.3 is 0 Å². The maximum absolute atomic E-state index is 13.1. The van der Waals surface area contributed by atoms with Crippen molar-refractivity contribution in [1.29, 1.82) is 0 Å². The monoisotopic (exact) mass is 405 g/mol. The van der Waals surface area contributed by atoms with E-state index in [2.05, 4.69) is 0 Å². The highest BCUT2D eigenvalue weighted by Gasteiger charge is 2.34. The number of nitrogens with zero attached hydrogens (tertiary/aromatic N) is 1. The quantitative estimate of drug-likeness (QED) is 0.602. The summed E-state index contributed by atoms with van der Waals surface area (Å²) in [4.78, 5) is 14.8. The molecule has 0 N–H and O–H groups in total. The summed E-state index contributed by atoms with van der Waals surface area (Å²) in [6.07, 6.45) is 3.81. The second kappa shape index (κ2) is 8.21. The van der Waals surface area contributed by atoms with Crippen LogP contribution in [-0.4, -0.2) is 36.8 Å². The van der Waals surface area contributed by atoms with Crippen LogP contribution < -0.4 is 0 Å². The van der Waals surface area contributed by atoms with Crippen LogP contribution in [0.3, 0.4) is 0 Å². The zero-order valence-corrected chi connectivity index (χ0v) is 16.9. The average molecular weight is 406 g/mol. The molecule has 0 aromatic heterocycles. The van der Waals surface area contributed by atoms with E-state index >= 15 is 0 Å². The maximum Gasteiger partial charge on any atom is 0.247 e. The van der Waals surface area contributed by atoms with Crippen LogP contribution in [0.5, 0.6) is 0 Å². The molecule has 3 aromatic carbocycles. The second-order valence-electron chi connectivity index (χ2n) is 7.41. The lowest BCUT2D eigenvalue weighted by molar-refractivity contribution is -0.128. The first-order chi connectivity index (χ1) is 14.0. The average Bonchev–Trinajstić information content (AvgIpc) is 3.10. The topological polar surface area (TPSA) is 54.5 Å². The molecule has 4 nitrogen and oxygen atoms in total. The molecule has 0 bridgehead atoms. The highest BCUT2D eigenvalue weighted by molar-refractivity contribution is 7.91. The number of fused-ring (bicyclic) bond motifs is 1. The molecule has 1 atom stereocenters. The van der Waals surface area contributed by atoms with E-state index in [0.29, 0.717) is 13.0 Å². The lowest BCUT2D eigenvalue weighted by atomic mass is 10.0. The Labute approximate surface area is 171 Å². The molecule has 1 aliphatic rings. The van der Waals surface area contributed by atoms with E-state index < -0.39 is 9.84 Å². The van der Waals surface area contributed by atoms with Gasteiger partial charge in [0.2, 0.25) is 5.91 Å². The number of hydrogen-bond acceptors (Lipinski definition) is 3. The van der Waals surface area contributed by atoms with E-state index in [1.54, 1.807) is 17.1 Å². The molecular formula is C24H23NO3S. The molecule has 1 heterocycles. The molecular weight excluding hydrogens is 382 g/mol. The minimum atomic E-state index is -3.09. The van der Waals surface area contributed by atoms with E-state index in [9.17, 15) is 13.2 Å². The molecule has 29 heavy (non-hydrogen) atoms. The van der Waals surface area contributed by atoms with Crippen molar-refractivity contribution in [1.82, 2.24) is 4.90 Å². The largest absolute Gasteiger partial charge is 0.331 e. The highest BCUT2D eigenvalue weighted by atomic mass is 32.2. The van der Waals surface area contributed by atoms with Gasteiger partial charge in [-0.15, -0.1) is 0 Å². The molecule has 4 rings (SSSR count). The molecule has 0 spiro atoms. The number of benzene rings is 3. The summed E-state index contributed by atoms with van der Waals surface area (Å²) in [6, 6.07) is 23.4. The highest BCUT2D eigenvalue weighted by Crippen LogP contribution is 2.25. The van der Waals surface area contributed by atoms with Gasteiger partial charge in [-0.1, -0.05) is 72.8 Å². The molecule has 1 fully saturated rings. The van der Waals surface area contributed by atoms with E-state index in [0.717, 1.165) is 21.9 Å². The predicted molar refractivity (Wildman–Crippen MR) is 117 cm³/mol. The van der Waals surface area contributed by atoms with Gasteiger partial charge in [-0.05, 0) is 34.4 Å². The molecule has 1 aliphatic heterocycles. The van der Waals surface area contributed by atoms with Gasteiger partial charge in [-0.2, -0.15) is 0 Å². The first-order valence-corrected chi connectivity index (χ1v) is 11.5. The summed E-state index contributed by atoms with van der Waals surface area (Å²) in [5.41, 5.74) is 1.96. The fraction of sp³-hybridized carbons (Fsp3) is 0.208. The number of sulfone groups is 1. The minimum Gasteiger partial charge on any atom is -0.331 e. The molecule has 148 valence electrons. The Morgan fingerprint density at radius 1 is 0.966 bits per heavy atom. The number of rotatable bonds is 5. The smallest absolute Gasteiger partial charge is 0.247 e. The molecule has 1 amide bonds. The Bertz CT molecular complexity index is 1150. The summed E-state index contributed by atoms with van der Waals surface area (Å²) >= 11 is 0. The van der Waals surface area contributed by atoms with Crippen LogP contribution in [0.2, 0.25) is 0 Å². The van der Waals surface area contributed by atoms with Crippen LogP contribution in [0, 0.1) is 0 Å². The van der Waals surface area contributed by atoms with Crippen molar-refractivity contribution >= 4 is 32.6 Å². The van der Waals surface area contributed by atoms with Crippen molar-refractivity contribution < 1.29 is 13.2 Å². The van der Waals surface area contributed by atoms with Gasteiger partial charge in [0.15, 0.2) is 9.84 Å². The van der Waals surface area contributed by atoms with Crippen LogP contribution >= 0.6 is 0 Å². The Hall–Kier alpha value is -2.92. The summed E-state index contributed by atoms with van der Waals surface area (Å²) in [6.45, 7) is 0.388. The fourth-order valence-corrected chi connectivity index (χ4v) is 5.58. The van der Waals surface area contributed by atoms with Crippen LogP contribution in [0.25, 0.3) is 16.8 Å². The van der Waals surface area contributed by atoms with Gasteiger partial charge in [0.25, 0.3) is 0 Å². The summed E-state index contributed by atoms with van der Waals surface area (Å²) < 4.78 is 24.1. The Morgan fingerprint density at radius 3 is 2.45 bits per heavy atom. The molecule has 3 aromatic rings. The maximum atomic E-state index is 13.1. The summed E-state index contributed by atoms with van der Waals surface area (Å²) in [7, 11) is -3.09. The van der Waals surface area contributed by atoms with Crippen LogP contribution in [0.15, 0.2) is 78.9 Å². The summed E-state index contributed by atoms with van der Waals surface area (Å²) in [5.74, 6) is 0.00565. The molecule has 0 aliphatic carbocycles. The number of amides is 1. The van der Waals surface area contributed by atoms with E-state index in [4.69, 9.17) is 0 Å². The fourth-order valence-electron chi connectivity index (χ4n) is 3.85. The van der Waals surface area contributed by atoms with Gasteiger partial charge < -0.3 is 4.90 Å². The first-order valence-electron chi connectivity index (χ1n) is 9.73. The zero-order chi connectivity index (χ0) is 20.3. The van der Waals surface area contributed by atoms with Gasteiger partial charge in [-0.3, -0.25) is 4.79 Å². The molecule has 0 radical (unpaired) electrons. The molecule has 1 saturated heterocycles. The zero-order valence-electron chi connectivity index (χ0n) is 16.1. The number of hydrogen-bond donors (Lipinski definition) is 0. The van der Waals surface area contributed by atoms with Crippen LogP contribution in [0.4, 0.5) is 0 Å². The number of carbonyl (C=O) groups excluding carboxylic acids is 1. The Balaban J connectivity index is 1.65. The van der Waals surface area contributed by atoms with Crippen molar-refractivity contribution in [3.8, 4) is 0 Å². The molecule has 0 saturated carbocycles. The SMILES string of the molecule is O=C(/C=C/c1ccccc1)N(Cc1cccc2ccccc12)C1CCS(=O)(=O)C1. The van der Waals surface area contributed by atoms with E-state index in [1.807, 2.05) is 72.8 Å². The minimum absolute atomic E-state index is 0.0304. The van der Waals surface area contributed by atoms with Gasteiger partial charge in [0, 0.05) is 18.7 Å². The van der Waals surface area contributed by atoms with Crippen molar-refractivity contribution in [2.75, 3.05) is 11.5 Å². The predicted octanol–water partition coefficient (Wildman–Crippen LogP) is 4.07. The van der Waals surface area contributed by atoms with E-state index in [-0.39, 0.29) is 23.5 Å². The molecule has 1 unspecified atom stereocenters. The third-order valence-electron chi connectivity index (χ3n) is 5.37. The van der Waals surface area contributed by atoms with Gasteiger partial charge in [0.05, 0.1) is 11.5 Å². The van der Waals surface area contributed by atoms with Crippen molar-refractivity contribution in [3.05, 3.63) is 90.0 Å². The third kappa shape index (κ3) is 4.57. The molecule has 5 heteroatoms. The lowest BCUT2D eigenvalue weighted by Crippen LogP contribution is -2.39. The van der Waals surface area contributed by atoms with Crippen LogP contribution in [-0.2, 0) is 21.2 Å². The standard InChI is InChI=1S/C24H23NO3S/c26-24(14-13-19-7-2-1-3-8-19)25(22-15-16-29(27,28)18-22)17-21-11-6-10-20-9-4-5-12-23(20)21/h1-14,22H,15-18H2/b14-13+. The summed E-state index contributed by atoms with van der Waals surface area (Å²) in [5, 5.41) is 2.19. The Kier molecular flexibility index (Phi) is 5.49.